The summed E-state index contributed by atoms with van der Waals surface area (Å²) in [6.07, 6.45) is 1.43. The van der Waals surface area contributed by atoms with E-state index in [0.717, 1.165) is 0 Å². The van der Waals surface area contributed by atoms with Crippen molar-refractivity contribution in [3.63, 3.8) is 0 Å². The molecule has 3 aromatic rings. The molecule has 0 saturated carbocycles. The minimum absolute atomic E-state index is 0.0611. The zero-order valence-corrected chi connectivity index (χ0v) is 17.0. The van der Waals surface area contributed by atoms with Gasteiger partial charge in [0, 0.05) is 23.5 Å². The first kappa shape index (κ1) is 21.0. The van der Waals surface area contributed by atoms with Crippen LogP contribution >= 0.6 is 11.6 Å². The van der Waals surface area contributed by atoms with Crippen molar-refractivity contribution in [3.05, 3.63) is 75.2 Å². The van der Waals surface area contributed by atoms with E-state index in [1.165, 1.54) is 35.2 Å². The number of nitrogens with zero attached hydrogens (tertiary/aromatic N) is 2. The zero-order valence-electron chi connectivity index (χ0n) is 15.5. The molecule has 0 fully saturated rings. The number of aryl methyl sites for hydroxylation is 1. The Morgan fingerprint density at radius 1 is 1.24 bits per heavy atom. The number of aliphatic hydroxyl groups is 1. The minimum atomic E-state index is -3.68. The van der Waals surface area contributed by atoms with E-state index in [-0.39, 0.29) is 23.6 Å². The highest BCUT2D eigenvalue weighted by atomic mass is 35.5. The molecule has 0 aliphatic carbocycles. The predicted molar refractivity (Wildman–Crippen MR) is 112 cm³/mol. The number of aliphatic hydroxyl groups excluding tert-OH is 1. The van der Waals surface area contributed by atoms with Crippen LogP contribution < -0.4 is 10.3 Å². The van der Waals surface area contributed by atoms with Gasteiger partial charge in [-0.3, -0.25) is 14.9 Å². The molecule has 3 rings (SSSR count). The predicted octanol–water partition coefficient (Wildman–Crippen LogP) is 2.15. The number of benzene rings is 2. The number of aromatic amines is 1. The number of aromatic nitrogens is 2. The Labute approximate surface area is 172 Å². The summed E-state index contributed by atoms with van der Waals surface area (Å²) in [6.45, 7) is 1.41. The summed E-state index contributed by atoms with van der Waals surface area (Å²) in [4.78, 5) is 17.0. The number of hydrogen-bond acceptors (Lipinski definition) is 5. The van der Waals surface area contributed by atoms with Crippen molar-refractivity contribution in [2.75, 3.05) is 13.2 Å². The Balaban J connectivity index is 1.85. The molecule has 0 amide bonds. The van der Waals surface area contributed by atoms with Gasteiger partial charge in [-0.15, -0.1) is 0 Å². The van der Waals surface area contributed by atoms with Gasteiger partial charge in [0.05, 0.1) is 28.4 Å². The van der Waals surface area contributed by atoms with Gasteiger partial charge in [-0.05, 0) is 49.4 Å². The lowest BCUT2D eigenvalue weighted by Gasteiger charge is -2.05. The first-order valence-electron chi connectivity index (χ1n) is 8.64. The Morgan fingerprint density at radius 3 is 2.62 bits per heavy atom. The van der Waals surface area contributed by atoms with Gasteiger partial charge in [0.1, 0.15) is 0 Å². The van der Waals surface area contributed by atoms with Crippen LogP contribution in [0.15, 0.2) is 63.2 Å². The first-order chi connectivity index (χ1) is 13.8. The highest BCUT2D eigenvalue weighted by Crippen LogP contribution is 2.17. The highest BCUT2D eigenvalue weighted by molar-refractivity contribution is 7.89. The minimum Gasteiger partial charge on any atom is -0.395 e. The average molecular weight is 435 g/mol. The largest absolute Gasteiger partial charge is 0.395 e. The molecular weight excluding hydrogens is 416 g/mol. The van der Waals surface area contributed by atoms with E-state index < -0.39 is 10.0 Å². The van der Waals surface area contributed by atoms with Crippen molar-refractivity contribution in [2.45, 2.75) is 11.8 Å². The van der Waals surface area contributed by atoms with Crippen LogP contribution in [0.5, 0.6) is 0 Å². The van der Waals surface area contributed by atoms with E-state index in [1.807, 2.05) is 0 Å². The summed E-state index contributed by atoms with van der Waals surface area (Å²) in [5.41, 5.74) is 1.83. The number of sulfonamides is 1. The number of H-pyrrole nitrogens is 1. The van der Waals surface area contributed by atoms with E-state index in [2.05, 4.69) is 14.8 Å². The molecule has 0 atom stereocenters. The number of nitrogens with one attached hydrogen (secondary N) is 2. The standard InChI is InChI=1S/C19H19ClN4O4S/c1-13-18(19(26)24(23-13)16-4-2-3-14(20)11-16)12-21-15-5-7-17(8-6-15)29(27,28)22-9-10-25/h2-8,11-12,22-23,25H,9-10H2,1H3. The van der Waals surface area contributed by atoms with Crippen LogP contribution in [-0.4, -0.2) is 42.7 Å². The van der Waals surface area contributed by atoms with Crippen LogP contribution in [0.2, 0.25) is 5.02 Å². The molecule has 2 aromatic carbocycles. The fraction of sp³-hybridized carbons (Fsp3) is 0.158. The molecule has 10 heteroatoms. The summed E-state index contributed by atoms with van der Waals surface area (Å²) in [5, 5.41) is 12.3. The molecule has 29 heavy (non-hydrogen) atoms. The molecule has 152 valence electrons. The Bertz CT molecular complexity index is 1200. The summed E-state index contributed by atoms with van der Waals surface area (Å²) in [6, 6.07) is 12.8. The van der Waals surface area contributed by atoms with Gasteiger partial charge in [-0.25, -0.2) is 17.8 Å². The van der Waals surface area contributed by atoms with Gasteiger partial charge in [-0.2, -0.15) is 0 Å². The molecule has 3 N–H and O–H groups in total. The van der Waals surface area contributed by atoms with Crippen LogP contribution in [0.4, 0.5) is 5.69 Å². The van der Waals surface area contributed by atoms with Crippen LogP contribution in [0.25, 0.3) is 5.69 Å². The maximum atomic E-state index is 12.7. The zero-order chi connectivity index (χ0) is 21.0. The van der Waals surface area contributed by atoms with Crippen molar-refractivity contribution in [1.82, 2.24) is 14.5 Å². The van der Waals surface area contributed by atoms with Crippen molar-refractivity contribution in [3.8, 4) is 5.69 Å². The molecule has 1 heterocycles. The molecule has 0 bridgehead atoms. The fourth-order valence-electron chi connectivity index (χ4n) is 2.62. The Morgan fingerprint density at radius 2 is 1.97 bits per heavy atom. The van der Waals surface area contributed by atoms with Crippen LogP contribution in [-0.2, 0) is 10.0 Å². The van der Waals surface area contributed by atoms with Crippen molar-refractivity contribution in [2.24, 2.45) is 4.99 Å². The van der Waals surface area contributed by atoms with Gasteiger partial charge in [0.2, 0.25) is 10.0 Å². The highest BCUT2D eigenvalue weighted by Gasteiger charge is 2.13. The quantitative estimate of drug-likeness (QED) is 0.494. The smallest absolute Gasteiger partial charge is 0.280 e. The van der Waals surface area contributed by atoms with Gasteiger partial charge in [0.15, 0.2) is 0 Å². The molecule has 0 spiro atoms. The maximum Gasteiger partial charge on any atom is 0.280 e. The van der Waals surface area contributed by atoms with E-state index in [4.69, 9.17) is 16.7 Å². The second-order valence-corrected chi connectivity index (χ2v) is 8.35. The van der Waals surface area contributed by atoms with Gasteiger partial charge >= 0.3 is 0 Å². The third kappa shape index (κ3) is 4.83. The number of halogens is 1. The lowest BCUT2D eigenvalue weighted by atomic mass is 10.2. The monoisotopic (exact) mass is 434 g/mol. The molecule has 0 aliphatic rings. The van der Waals surface area contributed by atoms with Crippen LogP contribution in [0.1, 0.15) is 11.3 Å². The van der Waals surface area contributed by atoms with Crippen molar-refractivity contribution >= 4 is 33.5 Å². The van der Waals surface area contributed by atoms with Gasteiger partial charge in [0.25, 0.3) is 5.56 Å². The van der Waals surface area contributed by atoms with E-state index in [1.54, 1.807) is 31.2 Å². The second kappa shape index (κ2) is 8.75. The van der Waals surface area contributed by atoms with E-state index >= 15 is 0 Å². The van der Waals surface area contributed by atoms with E-state index in [9.17, 15) is 13.2 Å². The van der Waals surface area contributed by atoms with Gasteiger partial charge < -0.3 is 5.11 Å². The molecule has 1 aromatic heterocycles. The molecule has 0 radical (unpaired) electrons. The normalized spacial score (nSPS) is 12.0. The SMILES string of the molecule is Cc1[nH]n(-c2cccc(Cl)c2)c(=O)c1C=Nc1ccc(S(=O)(=O)NCCO)cc1. The number of rotatable bonds is 7. The molecule has 8 nitrogen and oxygen atoms in total. The van der Waals surface area contributed by atoms with E-state index in [0.29, 0.717) is 27.7 Å². The molecule has 0 saturated heterocycles. The maximum absolute atomic E-state index is 12.7. The number of aliphatic imine (C=N–C) groups is 1. The van der Waals surface area contributed by atoms with Crippen LogP contribution in [0, 0.1) is 6.92 Å². The lowest BCUT2D eigenvalue weighted by Crippen LogP contribution is -2.26. The summed E-state index contributed by atoms with van der Waals surface area (Å²) >= 11 is 5.99. The Hall–Kier alpha value is -2.72. The summed E-state index contributed by atoms with van der Waals surface area (Å²) in [5.74, 6) is 0. The third-order valence-electron chi connectivity index (χ3n) is 4.08. The average Bonchev–Trinajstić information content (AvgIpc) is 2.99. The van der Waals surface area contributed by atoms with Crippen LogP contribution in [0.3, 0.4) is 0 Å². The number of hydrogen-bond donors (Lipinski definition) is 3. The molecule has 0 aliphatic heterocycles. The summed E-state index contributed by atoms with van der Waals surface area (Å²) < 4.78 is 27.7. The molecular formula is C19H19ClN4O4S. The molecule has 0 unspecified atom stereocenters. The first-order valence-corrected chi connectivity index (χ1v) is 10.5. The third-order valence-corrected chi connectivity index (χ3v) is 5.79. The van der Waals surface area contributed by atoms with Crippen molar-refractivity contribution in [1.29, 1.82) is 0 Å². The van der Waals surface area contributed by atoms with Crippen molar-refractivity contribution < 1.29 is 13.5 Å². The second-order valence-electron chi connectivity index (χ2n) is 6.14. The lowest BCUT2D eigenvalue weighted by molar-refractivity contribution is 0.301. The Kier molecular flexibility index (Phi) is 6.33. The summed E-state index contributed by atoms with van der Waals surface area (Å²) in [7, 11) is -3.68. The van der Waals surface area contributed by atoms with Gasteiger partial charge in [-0.1, -0.05) is 17.7 Å². The fourth-order valence-corrected chi connectivity index (χ4v) is 3.83. The topological polar surface area (TPSA) is 117 Å².